The minimum atomic E-state index is -0.335. The van der Waals surface area contributed by atoms with Crippen molar-refractivity contribution in [3.63, 3.8) is 0 Å². The fraction of sp³-hybridized carbons (Fsp3) is 0.200. The van der Waals surface area contributed by atoms with Crippen LogP contribution >= 0.6 is 0 Å². The first-order chi connectivity index (χ1) is 12.2. The number of hydrazine groups is 1. The topological polar surface area (TPSA) is 74.0 Å². The predicted molar refractivity (Wildman–Crippen MR) is 98.0 cm³/mol. The molecule has 0 aliphatic rings. The Labute approximate surface area is 146 Å². The van der Waals surface area contributed by atoms with Crippen LogP contribution in [-0.4, -0.2) is 16.8 Å². The van der Waals surface area contributed by atoms with Gasteiger partial charge in [0.25, 0.3) is 5.91 Å². The van der Waals surface area contributed by atoms with Crippen molar-refractivity contribution in [1.82, 2.24) is 15.8 Å². The molecule has 0 saturated carbocycles. The van der Waals surface area contributed by atoms with E-state index in [0.29, 0.717) is 18.4 Å². The van der Waals surface area contributed by atoms with E-state index in [9.17, 15) is 9.59 Å². The number of hydrogen-bond acceptors (Lipinski definition) is 2. The van der Waals surface area contributed by atoms with Gasteiger partial charge >= 0.3 is 0 Å². The number of benzene rings is 2. The summed E-state index contributed by atoms with van der Waals surface area (Å²) in [7, 11) is 0. The molecule has 0 spiro atoms. The molecule has 2 amide bonds. The van der Waals surface area contributed by atoms with E-state index in [4.69, 9.17) is 0 Å². The van der Waals surface area contributed by atoms with E-state index in [2.05, 4.69) is 34.9 Å². The van der Waals surface area contributed by atoms with E-state index in [1.807, 2.05) is 36.4 Å². The highest BCUT2D eigenvalue weighted by Crippen LogP contribution is 2.17. The monoisotopic (exact) mass is 335 g/mol. The van der Waals surface area contributed by atoms with E-state index >= 15 is 0 Å². The Morgan fingerprint density at radius 2 is 1.68 bits per heavy atom. The molecule has 3 rings (SSSR count). The van der Waals surface area contributed by atoms with E-state index in [0.717, 1.165) is 22.9 Å². The molecule has 0 aliphatic carbocycles. The molecule has 0 atom stereocenters. The number of nitrogens with one attached hydrogen (secondary N) is 3. The number of carbonyl (C=O) groups excluding carboxylic acids is 2. The number of aromatic nitrogens is 1. The molecule has 0 fully saturated rings. The third-order valence-electron chi connectivity index (χ3n) is 4.22. The van der Waals surface area contributed by atoms with Crippen molar-refractivity contribution in [2.24, 2.45) is 0 Å². The van der Waals surface area contributed by atoms with E-state index in [1.165, 1.54) is 5.56 Å². The van der Waals surface area contributed by atoms with Gasteiger partial charge in [-0.2, -0.15) is 0 Å². The highest BCUT2D eigenvalue weighted by atomic mass is 16.2. The van der Waals surface area contributed by atoms with Crippen LogP contribution in [0, 0.1) is 0 Å². The maximum absolute atomic E-state index is 12.2. The largest absolute Gasteiger partial charge is 0.360 e. The fourth-order valence-corrected chi connectivity index (χ4v) is 2.72. The molecule has 0 radical (unpaired) electrons. The third kappa shape index (κ3) is 4.07. The average molecular weight is 335 g/mol. The molecule has 1 heterocycles. The van der Waals surface area contributed by atoms with Crippen molar-refractivity contribution in [3.05, 3.63) is 71.4 Å². The number of H-pyrrole nitrogens is 1. The summed E-state index contributed by atoms with van der Waals surface area (Å²) in [4.78, 5) is 27.2. The number of para-hydroxylation sites is 1. The predicted octanol–water partition coefficient (Wildman–Crippen LogP) is 3.12. The molecule has 5 heteroatoms. The van der Waals surface area contributed by atoms with Crippen LogP contribution in [0.4, 0.5) is 0 Å². The number of fused-ring (bicyclic) bond motifs is 1. The van der Waals surface area contributed by atoms with E-state index < -0.39 is 0 Å². The second-order valence-corrected chi connectivity index (χ2v) is 5.92. The van der Waals surface area contributed by atoms with E-state index in [-0.39, 0.29) is 11.8 Å². The summed E-state index contributed by atoms with van der Waals surface area (Å²) in [5, 5.41) is 0.824. The summed E-state index contributed by atoms with van der Waals surface area (Å²) in [6, 6.07) is 15.8. The molecule has 3 N–H and O–H groups in total. The standard InChI is InChI=1S/C20H21N3O2/c1-2-14-7-9-15(10-8-14)11-12-19(24)22-23-20(25)17-13-21-18-6-4-3-5-16(17)18/h3-10,13,21H,2,11-12H2,1H3,(H,22,24)(H,23,25). The summed E-state index contributed by atoms with van der Waals surface area (Å²) in [6.45, 7) is 2.11. The number of aryl methyl sites for hydroxylation is 2. The summed E-state index contributed by atoms with van der Waals surface area (Å²) >= 11 is 0. The number of carbonyl (C=O) groups is 2. The van der Waals surface area contributed by atoms with Crippen LogP contribution in [0.2, 0.25) is 0 Å². The van der Waals surface area contributed by atoms with Gasteiger partial charge in [0.1, 0.15) is 0 Å². The van der Waals surface area contributed by atoms with E-state index in [1.54, 1.807) is 6.20 Å². The minimum Gasteiger partial charge on any atom is -0.360 e. The lowest BCUT2D eigenvalue weighted by Crippen LogP contribution is -2.41. The molecule has 25 heavy (non-hydrogen) atoms. The average Bonchev–Trinajstić information content (AvgIpc) is 3.09. The van der Waals surface area contributed by atoms with Crippen molar-refractivity contribution < 1.29 is 9.59 Å². The van der Waals surface area contributed by atoms with Crippen LogP contribution in [0.15, 0.2) is 54.7 Å². The SMILES string of the molecule is CCc1ccc(CCC(=O)NNC(=O)c2c[nH]c3ccccc23)cc1. The van der Waals surface area contributed by atoms with Crippen LogP contribution in [0.25, 0.3) is 10.9 Å². The number of hydrogen-bond donors (Lipinski definition) is 3. The maximum Gasteiger partial charge on any atom is 0.271 e. The molecule has 128 valence electrons. The van der Waals surface area contributed by atoms with Gasteiger partial charge in [0.15, 0.2) is 0 Å². The van der Waals surface area contributed by atoms with Gasteiger partial charge in [0.05, 0.1) is 5.56 Å². The Balaban J connectivity index is 1.50. The van der Waals surface area contributed by atoms with Gasteiger partial charge in [-0.3, -0.25) is 20.4 Å². The smallest absolute Gasteiger partial charge is 0.271 e. The molecule has 0 aliphatic heterocycles. The van der Waals surface area contributed by atoms with Gasteiger partial charge in [-0.25, -0.2) is 0 Å². The molecule has 3 aromatic rings. The minimum absolute atomic E-state index is 0.215. The fourth-order valence-electron chi connectivity index (χ4n) is 2.72. The number of aromatic amines is 1. The third-order valence-corrected chi connectivity index (χ3v) is 4.22. The van der Waals surface area contributed by atoms with Gasteiger partial charge in [0.2, 0.25) is 5.91 Å². The summed E-state index contributed by atoms with van der Waals surface area (Å²) in [5.74, 6) is -0.550. The Hall–Kier alpha value is -3.08. The number of amides is 2. The Morgan fingerprint density at radius 3 is 2.44 bits per heavy atom. The molecular formula is C20H21N3O2. The Kier molecular flexibility index (Phi) is 5.14. The molecule has 0 saturated heterocycles. The molecule has 0 bridgehead atoms. The van der Waals surface area contributed by atoms with Gasteiger partial charge in [-0.05, 0) is 30.0 Å². The van der Waals surface area contributed by atoms with Crippen molar-refractivity contribution in [2.75, 3.05) is 0 Å². The first-order valence-corrected chi connectivity index (χ1v) is 8.40. The zero-order chi connectivity index (χ0) is 17.6. The highest BCUT2D eigenvalue weighted by Gasteiger charge is 2.12. The molecular weight excluding hydrogens is 314 g/mol. The van der Waals surface area contributed by atoms with Crippen LogP contribution in [0.5, 0.6) is 0 Å². The summed E-state index contributed by atoms with van der Waals surface area (Å²) in [5.41, 5.74) is 8.72. The Bertz CT molecular complexity index is 881. The van der Waals surface area contributed by atoms with Crippen LogP contribution < -0.4 is 10.9 Å². The van der Waals surface area contributed by atoms with Crippen molar-refractivity contribution in [1.29, 1.82) is 0 Å². The second-order valence-electron chi connectivity index (χ2n) is 5.92. The van der Waals surface area contributed by atoms with Crippen LogP contribution in [-0.2, 0) is 17.6 Å². The summed E-state index contributed by atoms with van der Waals surface area (Å²) in [6.07, 6.45) is 3.60. The first-order valence-electron chi connectivity index (χ1n) is 8.40. The first kappa shape index (κ1) is 16.8. The van der Waals surface area contributed by atoms with Crippen LogP contribution in [0.3, 0.4) is 0 Å². The van der Waals surface area contributed by atoms with Crippen molar-refractivity contribution >= 4 is 22.7 Å². The lowest BCUT2D eigenvalue weighted by molar-refractivity contribution is -0.121. The van der Waals surface area contributed by atoms with Gasteiger partial charge in [-0.1, -0.05) is 49.4 Å². The van der Waals surface area contributed by atoms with Gasteiger partial charge in [0, 0.05) is 23.5 Å². The number of rotatable bonds is 5. The molecule has 5 nitrogen and oxygen atoms in total. The van der Waals surface area contributed by atoms with Gasteiger partial charge in [-0.15, -0.1) is 0 Å². The summed E-state index contributed by atoms with van der Waals surface area (Å²) < 4.78 is 0. The van der Waals surface area contributed by atoms with Crippen molar-refractivity contribution in [3.8, 4) is 0 Å². The highest BCUT2D eigenvalue weighted by molar-refractivity contribution is 6.07. The second kappa shape index (κ2) is 7.66. The zero-order valence-corrected chi connectivity index (χ0v) is 14.1. The maximum atomic E-state index is 12.2. The molecule has 0 unspecified atom stereocenters. The van der Waals surface area contributed by atoms with Gasteiger partial charge < -0.3 is 4.98 Å². The van der Waals surface area contributed by atoms with Crippen LogP contribution in [0.1, 0.15) is 34.8 Å². The molecule has 2 aromatic carbocycles. The lowest BCUT2D eigenvalue weighted by Gasteiger charge is -2.07. The van der Waals surface area contributed by atoms with Crippen molar-refractivity contribution in [2.45, 2.75) is 26.2 Å². The normalized spacial score (nSPS) is 10.6. The lowest BCUT2D eigenvalue weighted by atomic mass is 10.1. The molecule has 1 aromatic heterocycles. The Morgan fingerprint density at radius 1 is 0.960 bits per heavy atom. The zero-order valence-electron chi connectivity index (χ0n) is 14.1. The quantitative estimate of drug-likeness (QED) is 0.627.